The second-order valence-corrected chi connectivity index (χ2v) is 4.32. The molecule has 0 aromatic rings. The summed E-state index contributed by atoms with van der Waals surface area (Å²) in [6, 6.07) is 0. The van der Waals surface area contributed by atoms with Crippen molar-refractivity contribution in [2.45, 2.75) is 32.0 Å². The van der Waals surface area contributed by atoms with E-state index in [1.807, 2.05) is 17.9 Å². The molecule has 0 fully saturated rings. The van der Waals surface area contributed by atoms with E-state index >= 15 is 0 Å². The Kier molecular flexibility index (Phi) is 8.76. The van der Waals surface area contributed by atoms with Crippen LogP contribution in [0.2, 0.25) is 0 Å². The van der Waals surface area contributed by atoms with E-state index in [4.69, 9.17) is 5.73 Å². The third kappa shape index (κ3) is 7.15. The van der Waals surface area contributed by atoms with Gasteiger partial charge in [-0.3, -0.25) is 0 Å². The molecule has 100 valence electrons. The van der Waals surface area contributed by atoms with E-state index in [9.17, 15) is 10.2 Å². The number of hydrogen-bond acceptors (Lipinski definition) is 4. The minimum Gasteiger partial charge on any atom is -0.392 e. The summed E-state index contributed by atoms with van der Waals surface area (Å²) in [5, 5.41) is 19.1. The average Bonchev–Trinajstić information content (AvgIpc) is 2.36. The summed E-state index contributed by atoms with van der Waals surface area (Å²) in [4.78, 5) is 1.95. The van der Waals surface area contributed by atoms with Gasteiger partial charge in [-0.25, -0.2) is 0 Å². The summed E-state index contributed by atoms with van der Waals surface area (Å²) in [5.74, 6) is 0.149. The Morgan fingerprint density at radius 2 is 1.88 bits per heavy atom. The van der Waals surface area contributed by atoms with Crippen molar-refractivity contribution >= 4 is 0 Å². The largest absolute Gasteiger partial charge is 0.392 e. The van der Waals surface area contributed by atoms with Crippen molar-refractivity contribution in [3.05, 3.63) is 25.4 Å². The Hall–Kier alpha value is -0.840. The van der Waals surface area contributed by atoms with Crippen molar-refractivity contribution in [1.29, 1.82) is 0 Å². The number of nitrogens with two attached hydrogens (primary N) is 1. The lowest BCUT2D eigenvalue weighted by molar-refractivity contribution is 0.115. The molecule has 17 heavy (non-hydrogen) atoms. The van der Waals surface area contributed by atoms with Crippen LogP contribution in [0, 0.1) is 5.92 Å². The quantitative estimate of drug-likeness (QED) is 0.494. The van der Waals surface area contributed by atoms with Gasteiger partial charge >= 0.3 is 0 Å². The van der Waals surface area contributed by atoms with Gasteiger partial charge in [-0.15, -0.1) is 6.58 Å². The van der Waals surface area contributed by atoms with E-state index in [-0.39, 0.29) is 18.6 Å². The van der Waals surface area contributed by atoms with Crippen LogP contribution in [0.15, 0.2) is 25.4 Å². The fraction of sp³-hybridized carbons (Fsp3) is 0.692. The molecular weight excluding hydrogens is 216 g/mol. The second kappa shape index (κ2) is 9.22. The first-order chi connectivity index (χ1) is 8.07. The highest BCUT2D eigenvalue weighted by atomic mass is 16.3. The molecule has 4 nitrogen and oxygen atoms in total. The maximum atomic E-state index is 9.59. The Labute approximate surface area is 104 Å². The third-order valence-corrected chi connectivity index (χ3v) is 2.82. The molecule has 0 aliphatic rings. The van der Waals surface area contributed by atoms with Crippen LogP contribution in [0.4, 0.5) is 0 Å². The van der Waals surface area contributed by atoms with E-state index in [1.165, 1.54) is 0 Å². The van der Waals surface area contributed by atoms with Crippen molar-refractivity contribution in [3.63, 3.8) is 0 Å². The molecule has 0 heterocycles. The predicted molar refractivity (Wildman–Crippen MR) is 71.4 cm³/mol. The number of aliphatic hydroxyl groups is 2. The van der Waals surface area contributed by atoms with Crippen LogP contribution in [0.25, 0.3) is 0 Å². The van der Waals surface area contributed by atoms with Crippen LogP contribution in [-0.2, 0) is 0 Å². The van der Waals surface area contributed by atoms with Gasteiger partial charge in [-0.1, -0.05) is 19.6 Å². The monoisotopic (exact) mass is 242 g/mol. The molecule has 0 spiro atoms. The van der Waals surface area contributed by atoms with Gasteiger partial charge in [0.25, 0.3) is 0 Å². The van der Waals surface area contributed by atoms with E-state index < -0.39 is 6.10 Å². The van der Waals surface area contributed by atoms with Crippen molar-refractivity contribution in [2.24, 2.45) is 11.7 Å². The Morgan fingerprint density at radius 3 is 2.29 bits per heavy atom. The number of hydrogen-bond donors (Lipinski definition) is 3. The van der Waals surface area contributed by atoms with Crippen molar-refractivity contribution < 1.29 is 10.2 Å². The van der Waals surface area contributed by atoms with Crippen molar-refractivity contribution in [2.75, 3.05) is 19.6 Å². The Bertz CT molecular complexity index is 199. The van der Waals surface area contributed by atoms with E-state index in [0.717, 1.165) is 0 Å². The van der Waals surface area contributed by atoms with Crippen LogP contribution in [0.1, 0.15) is 19.8 Å². The lowest BCUT2D eigenvalue weighted by Gasteiger charge is -2.27. The predicted octanol–water partition coefficient (Wildman–Crippen LogP) is 0.715. The first kappa shape index (κ1) is 16.2. The molecule has 0 bridgehead atoms. The smallest absolute Gasteiger partial charge is 0.0712 e. The molecule has 0 rings (SSSR count). The molecule has 0 aromatic carbocycles. The summed E-state index contributed by atoms with van der Waals surface area (Å²) < 4.78 is 0. The molecular formula is C13H26N2O2. The number of rotatable bonds is 10. The topological polar surface area (TPSA) is 69.7 Å². The summed E-state index contributed by atoms with van der Waals surface area (Å²) in [5.41, 5.74) is 5.38. The summed E-state index contributed by atoms with van der Waals surface area (Å²) in [6.07, 6.45) is 3.98. The summed E-state index contributed by atoms with van der Waals surface area (Å²) in [6.45, 7) is 10.9. The van der Waals surface area contributed by atoms with E-state index in [0.29, 0.717) is 25.9 Å². The maximum absolute atomic E-state index is 9.59. The summed E-state index contributed by atoms with van der Waals surface area (Å²) >= 11 is 0. The number of aliphatic hydroxyl groups excluding tert-OH is 2. The lowest BCUT2D eigenvalue weighted by Crippen LogP contribution is -2.33. The molecule has 0 aliphatic carbocycles. The van der Waals surface area contributed by atoms with E-state index in [1.54, 1.807) is 6.20 Å². The van der Waals surface area contributed by atoms with Crippen LogP contribution in [0.5, 0.6) is 0 Å². The SMILES string of the molecule is C=CC(CC(O)CN)CN(C=C)CC(O)CC. The molecule has 0 aromatic heterocycles. The molecule has 4 heteroatoms. The lowest BCUT2D eigenvalue weighted by atomic mass is 10.0. The molecule has 0 aliphatic heterocycles. The van der Waals surface area contributed by atoms with Gasteiger partial charge < -0.3 is 20.8 Å². The minimum atomic E-state index is -0.499. The van der Waals surface area contributed by atoms with E-state index in [2.05, 4.69) is 13.2 Å². The van der Waals surface area contributed by atoms with Crippen LogP contribution in [-0.4, -0.2) is 47.0 Å². The highest BCUT2D eigenvalue weighted by Gasteiger charge is 2.14. The third-order valence-electron chi connectivity index (χ3n) is 2.82. The Morgan fingerprint density at radius 1 is 1.24 bits per heavy atom. The van der Waals surface area contributed by atoms with Gasteiger partial charge in [0.1, 0.15) is 0 Å². The average molecular weight is 242 g/mol. The van der Waals surface area contributed by atoms with Gasteiger partial charge in [0.2, 0.25) is 0 Å². The maximum Gasteiger partial charge on any atom is 0.0712 e. The highest BCUT2D eigenvalue weighted by molar-refractivity contribution is 4.87. The first-order valence-electron chi connectivity index (χ1n) is 6.12. The standard InChI is InChI=1S/C13H26N2O2/c1-4-11(7-13(17)8-14)9-15(6-3)10-12(16)5-2/h4,6,11-13,16-17H,1,3,5,7-10,14H2,2H3. The fourth-order valence-corrected chi connectivity index (χ4v) is 1.62. The van der Waals surface area contributed by atoms with Gasteiger partial charge in [0.15, 0.2) is 0 Å². The molecule has 4 N–H and O–H groups in total. The van der Waals surface area contributed by atoms with Crippen LogP contribution < -0.4 is 5.73 Å². The van der Waals surface area contributed by atoms with Crippen LogP contribution in [0.3, 0.4) is 0 Å². The summed E-state index contributed by atoms with van der Waals surface area (Å²) in [7, 11) is 0. The van der Waals surface area contributed by atoms with Gasteiger partial charge in [-0.05, 0) is 25.0 Å². The van der Waals surface area contributed by atoms with Crippen molar-refractivity contribution in [1.82, 2.24) is 4.90 Å². The van der Waals surface area contributed by atoms with Gasteiger partial charge in [0, 0.05) is 19.6 Å². The zero-order chi connectivity index (χ0) is 13.3. The first-order valence-corrected chi connectivity index (χ1v) is 6.12. The Balaban J connectivity index is 4.21. The normalized spacial score (nSPS) is 16.0. The van der Waals surface area contributed by atoms with Gasteiger partial charge in [-0.2, -0.15) is 0 Å². The molecule has 0 amide bonds. The zero-order valence-electron chi connectivity index (χ0n) is 10.8. The zero-order valence-corrected chi connectivity index (χ0v) is 10.8. The van der Waals surface area contributed by atoms with Gasteiger partial charge in [0.05, 0.1) is 12.2 Å². The fourth-order valence-electron chi connectivity index (χ4n) is 1.62. The molecule has 3 unspecified atom stereocenters. The minimum absolute atomic E-state index is 0.149. The second-order valence-electron chi connectivity index (χ2n) is 4.32. The number of nitrogens with zero attached hydrogens (tertiary/aromatic N) is 1. The molecule has 0 radical (unpaired) electrons. The van der Waals surface area contributed by atoms with Crippen LogP contribution >= 0.6 is 0 Å². The molecule has 3 atom stereocenters. The molecule has 0 saturated carbocycles. The highest BCUT2D eigenvalue weighted by Crippen LogP contribution is 2.11. The van der Waals surface area contributed by atoms with Crippen molar-refractivity contribution in [3.8, 4) is 0 Å². The molecule has 0 saturated heterocycles.